The molecule has 0 atom stereocenters. The van der Waals surface area contributed by atoms with Crippen LogP contribution in [0.2, 0.25) is 5.02 Å². The van der Waals surface area contributed by atoms with Gasteiger partial charge in [0.25, 0.3) is 0 Å². The summed E-state index contributed by atoms with van der Waals surface area (Å²) in [6.45, 7) is 0. The molecule has 0 saturated heterocycles. The van der Waals surface area contributed by atoms with E-state index in [1.165, 1.54) is 5.56 Å². The lowest BCUT2D eigenvalue weighted by Crippen LogP contribution is -1.90. The van der Waals surface area contributed by atoms with Crippen LogP contribution in [0.4, 0.5) is 0 Å². The van der Waals surface area contributed by atoms with Crippen LogP contribution in [-0.2, 0) is 5.33 Å². The zero-order chi connectivity index (χ0) is 14.8. The number of rotatable bonds is 3. The normalized spacial score (nSPS) is 10.8. The molecular weight excluding hydrogens is 417 g/mol. The molecule has 21 heavy (non-hydrogen) atoms. The zero-order valence-electron chi connectivity index (χ0n) is 10.8. The highest BCUT2D eigenvalue weighted by molar-refractivity contribution is 9.10. The zero-order valence-corrected chi connectivity index (χ0v) is 14.7. The summed E-state index contributed by atoms with van der Waals surface area (Å²) in [7, 11) is 0. The number of nitrogens with zero attached hydrogens (tertiary/aromatic N) is 1. The first-order valence-corrected chi connectivity index (χ1v) is 8.54. The number of hydrogen-bond donors (Lipinski definition) is 0. The van der Waals surface area contributed by atoms with E-state index in [2.05, 4.69) is 36.8 Å². The summed E-state index contributed by atoms with van der Waals surface area (Å²) >= 11 is 13.2. The third-order valence-electron chi connectivity index (χ3n) is 3.08. The van der Waals surface area contributed by atoms with Crippen molar-refractivity contribution in [1.29, 1.82) is 0 Å². The first kappa shape index (κ1) is 14.8. The van der Waals surface area contributed by atoms with Gasteiger partial charge < -0.3 is 4.74 Å². The third-order valence-corrected chi connectivity index (χ3v) is 4.75. The minimum Gasteiger partial charge on any atom is -0.455 e. The summed E-state index contributed by atoms with van der Waals surface area (Å²) in [6, 6.07) is 13.3. The molecule has 2 aromatic carbocycles. The van der Waals surface area contributed by atoms with Crippen molar-refractivity contribution in [3.05, 3.63) is 63.7 Å². The molecule has 0 amide bonds. The molecule has 0 bridgehead atoms. The molecule has 0 saturated carbocycles. The molecule has 0 unspecified atom stereocenters. The van der Waals surface area contributed by atoms with Gasteiger partial charge in [-0.25, -0.2) is 0 Å². The highest BCUT2D eigenvalue weighted by Gasteiger charge is 2.09. The minimum absolute atomic E-state index is 0.668. The van der Waals surface area contributed by atoms with E-state index >= 15 is 0 Å². The number of aromatic nitrogens is 1. The first-order valence-electron chi connectivity index (χ1n) is 6.24. The van der Waals surface area contributed by atoms with Gasteiger partial charge >= 0.3 is 0 Å². The summed E-state index contributed by atoms with van der Waals surface area (Å²) in [5.41, 5.74) is 1.92. The number of halogens is 3. The minimum atomic E-state index is 0.668. The molecule has 2 nitrogen and oxygen atoms in total. The van der Waals surface area contributed by atoms with Crippen molar-refractivity contribution < 1.29 is 4.74 Å². The molecule has 106 valence electrons. The van der Waals surface area contributed by atoms with Gasteiger partial charge in [-0.05, 0) is 42.0 Å². The van der Waals surface area contributed by atoms with Crippen LogP contribution in [0.3, 0.4) is 0 Å². The molecule has 0 radical (unpaired) electrons. The third kappa shape index (κ3) is 3.07. The monoisotopic (exact) mass is 425 g/mol. The van der Waals surface area contributed by atoms with Crippen LogP contribution in [0.1, 0.15) is 5.56 Å². The highest BCUT2D eigenvalue weighted by atomic mass is 79.9. The van der Waals surface area contributed by atoms with Gasteiger partial charge in [0.15, 0.2) is 5.75 Å². The van der Waals surface area contributed by atoms with Crippen molar-refractivity contribution in [3.8, 4) is 11.5 Å². The van der Waals surface area contributed by atoms with Gasteiger partial charge in [0.1, 0.15) is 11.3 Å². The molecule has 1 aromatic heterocycles. The molecule has 3 aromatic rings. The van der Waals surface area contributed by atoms with Crippen molar-refractivity contribution in [1.82, 2.24) is 4.98 Å². The van der Waals surface area contributed by atoms with Crippen molar-refractivity contribution in [2.24, 2.45) is 0 Å². The van der Waals surface area contributed by atoms with Gasteiger partial charge in [-0.2, -0.15) is 0 Å². The van der Waals surface area contributed by atoms with Crippen LogP contribution in [0.25, 0.3) is 10.9 Å². The standard InChI is InChI=1S/C16H10Br2ClNO/c17-9-10-3-4-11(8-13(10)18)21-15-6-5-14(19)12-2-1-7-20-16(12)15/h1-8H,9H2. The summed E-state index contributed by atoms with van der Waals surface area (Å²) in [5, 5.41) is 2.34. The van der Waals surface area contributed by atoms with Crippen LogP contribution in [0, 0.1) is 0 Å². The van der Waals surface area contributed by atoms with E-state index in [-0.39, 0.29) is 0 Å². The maximum atomic E-state index is 6.19. The van der Waals surface area contributed by atoms with Gasteiger partial charge in [-0.15, -0.1) is 0 Å². The van der Waals surface area contributed by atoms with E-state index in [4.69, 9.17) is 16.3 Å². The van der Waals surface area contributed by atoms with Crippen molar-refractivity contribution in [3.63, 3.8) is 0 Å². The van der Waals surface area contributed by atoms with Crippen molar-refractivity contribution in [2.45, 2.75) is 5.33 Å². The van der Waals surface area contributed by atoms with Crippen LogP contribution in [-0.4, -0.2) is 4.98 Å². The van der Waals surface area contributed by atoms with Crippen molar-refractivity contribution in [2.75, 3.05) is 0 Å². The Bertz CT molecular complexity index is 807. The quantitative estimate of drug-likeness (QED) is 0.455. The van der Waals surface area contributed by atoms with Gasteiger partial charge in [0.05, 0.1) is 5.02 Å². The Kier molecular flexibility index (Phi) is 4.48. The van der Waals surface area contributed by atoms with E-state index < -0.39 is 0 Å². The van der Waals surface area contributed by atoms with Gasteiger partial charge in [0, 0.05) is 21.4 Å². The van der Waals surface area contributed by atoms with Gasteiger partial charge in [-0.1, -0.05) is 49.5 Å². The molecule has 3 rings (SSSR count). The fourth-order valence-corrected chi connectivity index (χ4v) is 3.60. The van der Waals surface area contributed by atoms with Crippen LogP contribution >= 0.6 is 43.5 Å². The van der Waals surface area contributed by atoms with Crippen molar-refractivity contribution >= 4 is 54.4 Å². The summed E-state index contributed by atoms with van der Waals surface area (Å²) in [6.07, 6.45) is 1.73. The van der Waals surface area contributed by atoms with Gasteiger partial charge in [0.2, 0.25) is 0 Å². The fourth-order valence-electron chi connectivity index (χ4n) is 2.02. The number of benzene rings is 2. The number of alkyl halides is 1. The summed E-state index contributed by atoms with van der Waals surface area (Å²) in [5.74, 6) is 1.44. The van der Waals surface area contributed by atoms with E-state index in [9.17, 15) is 0 Å². The Morgan fingerprint density at radius 1 is 1.14 bits per heavy atom. The molecule has 0 aliphatic heterocycles. The fraction of sp³-hybridized carbons (Fsp3) is 0.0625. The summed E-state index contributed by atoms with van der Waals surface area (Å²) < 4.78 is 6.96. The van der Waals surface area contributed by atoms with Crippen LogP contribution in [0.5, 0.6) is 11.5 Å². The lowest BCUT2D eigenvalue weighted by Gasteiger charge is -2.10. The predicted molar refractivity (Wildman–Crippen MR) is 93.6 cm³/mol. The Labute approximate surface area is 144 Å². The second-order valence-electron chi connectivity index (χ2n) is 4.43. The second kappa shape index (κ2) is 6.34. The van der Waals surface area contributed by atoms with E-state index in [1.807, 2.05) is 42.5 Å². The Morgan fingerprint density at radius 2 is 2.00 bits per heavy atom. The smallest absolute Gasteiger partial charge is 0.153 e. The molecule has 0 aliphatic carbocycles. The first-order chi connectivity index (χ1) is 10.2. The molecule has 0 N–H and O–H groups in total. The number of pyridine rings is 1. The Balaban J connectivity index is 2.02. The van der Waals surface area contributed by atoms with E-state index in [0.717, 1.165) is 26.5 Å². The topological polar surface area (TPSA) is 22.1 Å². The Morgan fingerprint density at radius 3 is 2.76 bits per heavy atom. The lowest BCUT2D eigenvalue weighted by atomic mass is 10.2. The summed E-state index contributed by atoms with van der Waals surface area (Å²) in [4.78, 5) is 4.37. The number of hydrogen-bond acceptors (Lipinski definition) is 2. The molecule has 0 spiro atoms. The second-order valence-corrected chi connectivity index (χ2v) is 6.26. The molecule has 0 fully saturated rings. The number of ether oxygens (including phenoxy) is 1. The maximum Gasteiger partial charge on any atom is 0.153 e. The molecule has 0 aliphatic rings. The molecular formula is C16H10Br2ClNO. The highest BCUT2D eigenvalue weighted by Crippen LogP contribution is 2.34. The number of fused-ring (bicyclic) bond motifs is 1. The van der Waals surface area contributed by atoms with Gasteiger partial charge in [-0.3, -0.25) is 4.98 Å². The Hall–Kier alpha value is -1.10. The largest absolute Gasteiger partial charge is 0.455 e. The van der Waals surface area contributed by atoms with E-state index in [0.29, 0.717) is 10.8 Å². The average molecular weight is 428 g/mol. The maximum absolute atomic E-state index is 6.19. The van der Waals surface area contributed by atoms with E-state index in [1.54, 1.807) is 6.20 Å². The van der Waals surface area contributed by atoms with Crippen LogP contribution < -0.4 is 4.74 Å². The predicted octanol–water partition coefficient (Wildman–Crippen LogP) is 6.34. The SMILES string of the molecule is Clc1ccc(Oc2ccc(CBr)c(Br)c2)c2ncccc12. The average Bonchev–Trinajstić information content (AvgIpc) is 2.51. The van der Waals surface area contributed by atoms with Crippen LogP contribution in [0.15, 0.2) is 53.1 Å². The lowest BCUT2D eigenvalue weighted by molar-refractivity contribution is 0.486. The molecule has 5 heteroatoms. The molecule has 1 heterocycles.